The first-order valence-electron chi connectivity index (χ1n) is 5.00. The summed E-state index contributed by atoms with van der Waals surface area (Å²) in [5.74, 6) is -1.58. The van der Waals surface area contributed by atoms with Crippen molar-refractivity contribution in [3.8, 4) is 0 Å². The zero-order valence-corrected chi connectivity index (χ0v) is 8.92. The number of halogens is 1. The minimum atomic E-state index is -1.97. The van der Waals surface area contributed by atoms with E-state index in [2.05, 4.69) is 13.8 Å². The average Bonchev–Trinajstić information content (AvgIpc) is 2.26. The number of hydrogen-bond acceptors (Lipinski definition) is 2. The Morgan fingerprint density at radius 3 is 2.23 bits per heavy atom. The Labute approximate surface area is 79.7 Å². The molecule has 0 aromatic carbocycles. The molecule has 1 heterocycles. The van der Waals surface area contributed by atoms with Crippen molar-refractivity contribution in [2.75, 3.05) is 6.54 Å². The molecule has 78 valence electrons. The van der Waals surface area contributed by atoms with Gasteiger partial charge < -0.3 is 5.11 Å². The summed E-state index contributed by atoms with van der Waals surface area (Å²) in [5.41, 5.74) is 0. The molecule has 1 aliphatic rings. The van der Waals surface area contributed by atoms with Gasteiger partial charge in [0.25, 0.3) is 0 Å². The number of rotatable bonds is 2. The first kappa shape index (κ1) is 10.9. The van der Waals surface area contributed by atoms with Gasteiger partial charge in [0.2, 0.25) is 5.85 Å². The minimum Gasteiger partial charge on any atom is -0.361 e. The van der Waals surface area contributed by atoms with Gasteiger partial charge in [-0.05, 0) is 19.8 Å². The van der Waals surface area contributed by atoms with Crippen molar-refractivity contribution in [1.82, 2.24) is 4.90 Å². The van der Waals surface area contributed by atoms with Crippen molar-refractivity contribution in [3.63, 3.8) is 0 Å². The third-order valence-corrected chi connectivity index (χ3v) is 2.81. The summed E-state index contributed by atoms with van der Waals surface area (Å²) >= 11 is 0. The van der Waals surface area contributed by atoms with Crippen LogP contribution >= 0.6 is 0 Å². The van der Waals surface area contributed by atoms with Crippen molar-refractivity contribution in [2.45, 2.75) is 52.1 Å². The lowest BCUT2D eigenvalue weighted by atomic mass is 10.00. The molecule has 0 spiro atoms. The normalized spacial score (nSPS) is 36.5. The molecule has 13 heavy (non-hydrogen) atoms. The van der Waals surface area contributed by atoms with Crippen molar-refractivity contribution in [1.29, 1.82) is 0 Å². The fraction of sp³-hybridized carbons (Fsp3) is 1.00. The molecule has 0 bridgehead atoms. The van der Waals surface area contributed by atoms with Crippen LogP contribution in [0.1, 0.15) is 34.1 Å². The highest BCUT2D eigenvalue weighted by atomic mass is 19.2. The fourth-order valence-electron chi connectivity index (χ4n) is 2.08. The lowest BCUT2D eigenvalue weighted by Gasteiger charge is -2.30. The van der Waals surface area contributed by atoms with Gasteiger partial charge in [0.15, 0.2) is 0 Å². The second-order valence-corrected chi connectivity index (χ2v) is 4.70. The zero-order chi connectivity index (χ0) is 10.2. The molecular weight excluding hydrogens is 169 g/mol. The number of β-amino-alcohol motifs (C(OH)–C–C–N with tert-alkyl or cyclic N) is 1. The maximum atomic E-state index is 13.3. The van der Waals surface area contributed by atoms with Gasteiger partial charge in [-0.1, -0.05) is 13.8 Å². The highest BCUT2D eigenvalue weighted by Gasteiger charge is 2.44. The Kier molecular flexibility index (Phi) is 2.98. The van der Waals surface area contributed by atoms with Gasteiger partial charge in [0.05, 0.1) is 6.54 Å². The molecule has 1 fully saturated rings. The van der Waals surface area contributed by atoms with Gasteiger partial charge >= 0.3 is 0 Å². The van der Waals surface area contributed by atoms with E-state index in [0.29, 0.717) is 12.0 Å². The van der Waals surface area contributed by atoms with E-state index in [9.17, 15) is 9.50 Å². The highest BCUT2D eigenvalue weighted by Crippen LogP contribution is 2.33. The Balaban J connectivity index is 2.71. The summed E-state index contributed by atoms with van der Waals surface area (Å²) in [4.78, 5) is 2.05. The number of nitrogens with zero attached hydrogens (tertiary/aromatic N) is 1. The van der Waals surface area contributed by atoms with Gasteiger partial charge in [-0.2, -0.15) is 0 Å². The van der Waals surface area contributed by atoms with E-state index in [-0.39, 0.29) is 19.0 Å². The molecular formula is C10H20FNO. The SMILES string of the molecule is CC(C)C1CC(O)(F)CN1C(C)C. The van der Waals surface area contributed by atoms with E-state index < -0.39 is 5.85 Å². The molecule has 0 amide bonds. The molecule has 2 nitrogen and oxygen atoms in total. The van der Waals surface area contributed by atoms with Crippen molar-refractivity contribution >= 4 is 0 Å². The summed E-state index contributed by atoms with van der Waals surface area (Å²) in [6.45, 7) is 8.38. The molecule has 0 saturated carbocycles. The quantitative estimate of drug-likeness (QED) is 0.715. The molecule has 0 aliphatic carbocycles. The van der Waals surface area contributed by atoms with Crippen LogP contribution in [0.2, 0.25) is 0 Å². The van der Waals surface area contributed by atoms with Crippen LogP contribution in [0.3, 0.4) is 0 Å². The highest BCUT2D eigenvalue weighted by molar-refractivity contribution is 4.92. The van der Waals surface area contributed by atoms with E-state index in [1.54, 1.807) is 0 Å². The average molecular weight is 189 g/mol. The minimum absolute atomic E-state index is 0.160. The zero-order valence-electron chi connectivity index (χ0n) is 8.92. The van der Waals surface area contributed by atoms with Crippen LogP contribution in [-0.4, -0.2) is 34.5 Å². The molecule has 3 heteroatoms. The number of aliphatic hydroxyl groups is 1. The van der Waals surface area contributed by atoms with Crippen molar-refractivity contribution in [3.05, 3.63) is 0 Å². The van der Waals surface area contributed by atoms with Crippen molar-refractivity contribution in [2.24, 2.45) is 5.92 Å². The Hall–Kier alpha value is -0.150. The lowest BCUT2D eigenvalue weighted by molar-refractivity contribution is -0.0777. The molecule has 1 N–H and O–H groups in total. The largest absolute Gasteiger partial charge is 0.361 e. The van der Waals surface area contributed by atoms with E-state index in [1.807, 2.05) is 18.7 Å². The molecule has 0 aromatic heterocycles. The van der Waals surface area contributed by atoms with Gasteiger partial charge in [-0.3, -0.25) is 4.90 Å². The van der Waals surface area contributed by atoms with E-state index in [1.165, 1.54) is 0 Å². The fourth-order valence-corrected chi connectivity index (χ4v) is 2.08. The van der Waals surface area contributed by atoms with E-state index >= 15 is 0 Å². The first-order valence-corrected chi connectivity index (χ1v) is 5.00. The smallest absolute Gasteiger partial charge is 0.221 e. The van der Waals surface area contributed by atoms with Gasteiger partial charge in [0, 0.05) is 18.5 Å². The Morgan fingerprint density at radius 1 is 1.38 bits per heavy atom. The standard InChI is InChI=1S/C10H20FNO/c1-7(2)9-5-10(11,13)6-12(9)8(3)4/h7-9,13H,5-6H2,1-4H3. The van der Waals surface area contributed by atoms with Gasteiger partial charge in [0.1, 0.15) is 0 Å². The number of likely N-dealkylation sites (tertiary alicyclic amines) is 1. The predicted molar refractivity (Wildman–Crippen MR) is 51.1 cm³/mol. The van der Waals surface area contributed by atoms with Crippen LogP contribution in [0.25, 0.3) is 0 Å². The molecule has 1 aliphatic heterocycles. The molecule has 0 radical (unpaired) electrons. The first-order chi connectivity index (χ1) is 5.83. The molecule has 2 unspecified atom stereocenters. The molecule has 0 aromatic rings. The second kappa shape index (κ2) is 3.54. The maximum absolute atomic E-state index is 13.3. The number of hydrogen-bond donors (Lipinski definition) is 1. The number of alkyl halides is 1. The third kappa shape index (κ3) is 2.41. The Morgan fingerprint density at radius 2 is 1.92 bits per heavy atom. The van der Waals surface area contributed by atoms with Crippen LogP contribution in [0, 0.1) is 5.92 Å². The Bertz CT molecular complexity index is 162. The van der Waals surface area contributed by atoms with Crippen LogP contribution < -0.4 is 0 Å². The summed E-state index contributed by atoms with van der Waals surface area (Å²) < 4.78 is 13.3. The van der Waals surface area contributed by atoms with E-state index in [4.69, 9.17) is 0 Å². The van der Waals surface area contributed by atoms with Gasteiger partial charge in [-0.25, -0.2) is 4.39 Å². The molecule has 1 rings (SSSR count). The van der Waals surface area contributed by atoms with Crippen LogP contribution in [0.4, 0.5) is 4.39 Å². The second-order valence-electron chi connectivity index (χ2n) is 4.70. The van der Waals surface area contributed by atoms with E-state index in [0.717, 1.165) is 0 Å². The van der Waals surface area contributed by atoms with Crippen molar-refractivity contribution < 1.29 is 9.50 Å². The van der Waals surface area contributed by atoms with Crippen LogP contribution in [0.5, 0.6) is 0 Å². The van der Waals surface area contributed by atoms with Crippen LogP contribution in [0.15, 0.2) is 0 Å². The molecule has 1 saturated heterocycles. The summed E-state index contributed by atoms with van der Waals surface area (Å²) in [5, 5.41) is 9.32. The monoisotopic (exact) mass is 189 g/mol. The lowest BCUT2D eigenvalue weighted by Crippen LogP contribution is -2.39. The van der Waals surface area contributed by atoms with Gasteiger partial charge in [-0.15, -0.1) is 0 Å². The summed E-state index contributed by atoms with van der Waals surface area (Å²) in [6.07, 6.45) is 0.253. The molecule has 2 atom stereocenters. The van der Waals surface area contributed by atoms with Crippen LogP contribution in [-0.2, 0) is 0 Å². The maximum Gasteiger partial charge on any atom is 0.221 e. The summed E-state index contributed by atoms with van der Waals surface area (Å²) in [6, 6.07) is 0.479. The topological polar surface area (TPSA) is 23.5 Å². The third-order valence-electron chi connectivity index (χ3n) is 2.81. The summed E-state index contributed by atoms with van der Waals surface area (Å²) in [7, 11) is 0. The predicted octanol–water partition coefficient (Wildman–Crippen LogP) is 1.78.